The zero-order valence-corrected chi connectivity index (χ0v) is 9.52. The largest absolute Gasteiger partial charge is 0.628 e. The number of nitrogens with zero attached hydrogens (tertiary/aromatic N) is 1. The van der Waals surface area contributed by atoms with Gasteiger partial charge in [-0.1, -0.05) is 23.8 Å². The van der Waals surface area contributed by atoms with Crippen LogP contribution in [0.3, 0.4) is 0 Å². The fourth-order valence-electron chi connectivity index (χ4n) is 1.13. The summed E-state index contributed by atoms with van der Waals surface area (Å²) >= 11 is 5.30. The first-order chi connectivity index (χ1) is 7.61. The zero-order valence-electron chi connectivity index (χ0n) is 8.76. The number of hydrogen-bond donors (Lipinski definition) is 0. The number of allylic oxidation sites excluding steroid dienone is 2. The first kappa shape index (κ1) is 12.8. The number of carbonyl (C=O) groups is 2. The van der Waals surface area contributed by atoms with E-state index in [2.05, 4.69) is 0 Å². The van der Waals surface area contributed by atoms with E-state index in [0.717, 1.165) is 0 Å². The summed E-state index contributed by atoms with van der Waals surface area (Å²) in [4.78, 5) is 24.0. The molecule has 86 valence electrons. The zero-order chi connectivity index (χ0) is 12.0. The summed E-state index contributed by atoms with van der Waals surface area (Å²) in [5.74, 6) is 0.541. The van der Waals surface area contributed by atoms with Crippen LogP contribution in [0.5, 0.6) is 0 Å². The summed E-state index contributed by atoms with van der Waals surface area (Å²) in [6.45, 7) is 0.121. The molecule has 5 nitrogen and oxygen atoms in total. The molecule has 1 rings (SSSR count). The lowest BCUT2D eigenvalue weighted by molar-refractivity contribution is -0.145. The third-order valence-corrected chi connectivity index (χ3v) is 1.89. The Balaban J connectivity index is 2.63. The van der Waals surface area contributed by atoms with Crippen molar-refractivity contribution < 1.29 is 18.9 Å². The predicted molar refractivity (Wildman–Crippen MR) is 59.6 cm³/mol. The lowest BCUT2D eigenvalue weighted by Crippen LogP contribution is -2.41. The fourth-order valence-corrected chi connectivity index (χ4v) is 1.21. The van der Waals surface area contributed by atoms with Crippen LogP contribution in [0.25, 0.3) is 0 Å². The maximum absolute atomic E-state index is 11.3. The number of likely N-dealkylation sites (N-methyl/N-ethyl adjacent to an activating group) is 1. The van der Waals surface area contributed by atoms with E-state index in [-0.39, 0.29) is 13.1 Å². The number of rotatable bonds is 2. The van der Waals surface area contributed by atoms with E-state index in [0.29, 0.717) is 0 Å². The monoisotopic (exact) mass is 243 g/mol. The van der Waals surface area contributed by atoms with Gasteiger partial charge in [-0.05, 0) is 13.0 Å². The van der Waals surface area contributed by atoms with E-state index in [9.17, 15) is 9.59 Å². The van der Waals surface area contributed by atoms with Crippen LogP contribution < -0.4 is 0 Å². The standard InChI is InChI=1S/C9H11BClNO4/c1-12-6-8(13)15-10(4-2-3-5-11)16-9(14)7-12/h2-5H,6-7H2,1H3/b4-2+,5-3+. The Labute approximate surface area is 98.8 Å². The van der Waals surface area contributed by atoms with Crippen LogP contribution in [0.4, 0.5) is 0 Å². The molecule has 1 aliphatic rings. The molecule has 1 saturated heterocycles. The van der Waals surface area contributed by atoms with Gasteiger partial charge in [-0.25, -0.2) is 0 Å². The third-order valence-electron chi connectivity index (χ3n) is 1.75. The van der Waals surface area contributed by atoms with Gasteiger partial charge in [0.15, 0.2) is 0 Å². The molecule has 0 spiro atoms. The molecule has 0 aliphatic carbocycles. The van der Waals surface area contributed by atoms with Crippen molar-refractivity contribution >= 4 is 30.7 Å². The molecule has 16 heavy (non-hydrogen) atoms. The van der Waals surface area contributed by atoms with Crippen molar-refractivity contribution in [3.05, 3.63) is 23.7 Å². The maximum Gasteiger partial charge on any atom is 0.628 e. The highest BCUT2D eigenvalue weighted by molar-refractivity contribution is 6.54. The van der Waals surface area contributed by atoms with E-state index in [1.54, 1.807) is 7.05 Å². The highest BCUT2D eigenvalue weighted by Crippen LogP contribution is 2.01. The predicted octanol–water partition coefficient (Wildman–Crippen LogP) is 0.354. The van der Waals surface area contributed by atoms with Crippen LogP contribution in [0.2, 0.25) is 0 Å². The van der Waals surface area contributed by atoms with Crippen molar-refractivity contribution in [2.45, 2.75) is 0 Å². The molecule has 1 fully saturated rings. The average molecular weight is 243 g/mol. The lowest BCUT2D eigenvalue weighted by Gasteiger charge is -2.20. The van der Waals surface area contributed by atoms with E-state index >= 15 is 0 Å². The molecule has 0 bridgehead atoms. The summed E-state index contributed by atoms with van der Waals surface area (Å²) in [5, 5.41) is 0. The van der Waals surface area contributed by atoms with Crippen molar-refractivity contribution in [1.82, 2.24) is 4.90 Å². The second-order valence-electron chi connectivity index (χ2n) is 3.22. The number of halogens is 1. The molecule has 1 heterocycles. The van der Waals surface area contributed by atoms with Crippen molar-refractivity contribution in [2.24, 2.45) is 0 Å². The maximum atomic E-state index is 11.3. The van der Waals surface area contributed by atoms with Gasteiger partial charge in [0, 0.05) is 5.54 Å². The van der Waals surface area contributed by atoms with Gasteiger partial charge in [0.2, 0.25) is 0 Å². The van der Waals surface area contributed by atoms with Crippen molar-refractivity contribution in [1.29, 1.82) is 0 Å². The molecule has 1 aliphatic heterocycles. The lowest BCUT2D eigenvalue weighted by atomic mass is 9.89. The van der Waals surface area contributed by atoms with Crippen molar-refractivity contribution in [2.75, 3.05) is 20.1 Å². The number of carbonyl (C=O) groups excluding carboxylic acids is 2. The molecule has 0 N–H and O–H groups in total. The topological polar surface area (TPSA) is 55.8 Å². The second-order valence-corrected chi connectivity index (χ2v) is 3.48. The Hall–Kier alpha value is -1.27. The molecule has 0 aromatic carbocycles. The van der Waals surface area contributed by atoms with Gasteiger partial charge in [-0.15, -0.1) is 0 Å². The van der Waals surface area contributed by atoms with Gasteiger partial charge in [0.05, 0.1) is 13.1 Å². The molecule has 0 amide bonds. The van der Waals surface area contributed by atoms with E-state index in [4.69, 9.17) is 20.9 Å². The van der Waals surface area contributed by atoms with E-state index < -0.39 is 19.1 Å². The first-order valence-electron chi connectivity index (χ1n) is 4.63. The molecule has 0 unspecified atom stereocenters. The summed E-state index contributed by atoms with van der Waals surface area (Å²) in [6, 6.07) is 0. The minimum atomic E-state index is -0.985. The Bertz CT molecular complexity index is 311. The van der Waals surface area contributed by atoms with Crippen LogP contribution in [0, 0.1) is 0 Å². The van der Waals surface area contributed by atoms with E-state index in [1.807, 2.05) is 0 Å². The van der Waals surface area contributed by atoms with Crippen LogP contribution in [0.15, 0.2) is 23.7 Å². The minimum Gasteiger partial charge on any atom is -0.495 e. The summed E-state index contributed by atoms with van der Waals surface area (Å²) in [6.07, 6.45) is 3.05. The Morgan fingerprint density at radius 2 is 1.81 bits per heavy atom. The van der Waals surface area contributed by atoms with Crippen LogP contribution in [0.1, 0.15) is 0 Å². The van der Waals surface area contributed by atoms with Gasteiger partial charge >= 0.3 is 19.1 Å². The van der Waals surface area contributed by atoms with Crippen molar-refractivity contribution in [3.8, 4) is 0 Å². The molecule has 0 aromatic rings. The van der Waals surface area contributed by atoms with Crippen molar-refractivity contribution in [3.63, 3.8) is 0 Å². The summed E-state index contributed by atoms with van der Waals surface area (Å²) in [7, 11) is 0.649. The molecule has 0 aromatic heterocycles. The van der Waals surface area contributed by atoms with Crippen LogP contribution in [-0.2, 0) is 18.9 Å². The molecular weight excluding hydrogens is 232 g/mol. The number of hydrogen-bond acceptors (Lipinski definition) is 5. The van der Waals surface area contributed by atoms with E-state index in [1.165, 1.54) is 28.6 Å². The summed E-state index contributed by atoms with van der Waals surface area (Å²) < 4.78 is 9.78. The highest BCUT2D eigenvalue weighted by Gasteiger charge is 2.28. The average Bonchev–Trinajstić information content (AvgIpc) is 2.14. The molecular formula is C9H11BClNO4. The quantitative estimate of drug-likeness (QED) is 0.517. The van der Waals surface area contributed by atoms with Gasteiger partial charge in [0.1, 0.15) is 0 Å². The van der Waals surface area contributed by atoms with Gasteiger partial charge < -0.3 is 9.31 Å². The van der Waals surface area contributed by atoms with Crippen LogP contribution >= 0.6 is 11.6 Å². The highest BCUT2D eigenvalue weighted by atomic mass is 35.5. The smallest absolute Gasteiger partial charge is 0.495 e. The van der Waals surface area contributed by atoms with Gasteiger partial charge in [-0.3, -0.25) is 14.5 Å². The SMILES string of the molecule is CN1CC(=O)OB(/C=C/C=C/Cl)OC(=O)C1. The third kappa shape index (κ3) is 4.50. The van der Waals surface area contributed by atoms with Crippen LogP contribution in [-0.4, -0.2) is 44.1 Å². The fraction of sp³-hybridized carbons (Fsp3) is 0.333. The Morgan fingerprint density at radius 3 is 2.31 bits per heavy atom. The van der Waals surface area contributed by atoms with Gasteiger partial charge in [0.25, 0.3) is 0 Å². The Kier molecular flexibility index (Phi) is 5.08. The summed E-state index contributed by atoms with van der Waals surface area (Å²) in [5.41, 5.74) is 1.29. The molecule has 0 radical (unpaired) electrons. The minimum absolute atomic E-state index is 0.0603. The second kappa shape index (κ2) is 6.35. The molecule has 0 atom stereocenters. The first-order valence-corrected chi connectivity index (χ1v) is 5.06. The molecule has 7 heteroatoms. The van der Waals surface area contributed by atoms with Gasteiger partial charge in [-0.2, -0.15) is 0 Å². The Morgan fingerprint density at radius 1 is 1.25 bits per heavy atom. The normalized spacial score (nSPS) is 19.8. The molecule has 0 saturated carbocycles.